The highest BCUT2D eigenvalue weighted by molar-refractivity contribution is 7.90. The molecule has 15 heteroatoms. The maximum atomic E-state index is 12.7. The molecular weight excluding hydrogens is 431 g/mol. The van der Waals surface area contributed by atoms with Crippen molar-refractivity contribution in [3.05, 3.63) is 36.4 Å². The summed E-state index contributed by atoms with van der Waals surface area (Å²) >= 11 is 0. The van der Waals surface area contributed by atoms with Gasteiger partial charge in [-0.3, -0.25) is 0 Å². The lowest BCUT2D eigenvalue weighted by Crippen LogP contribution is -2.42. The number of benzene rings is 1. The molecule has 2 rings (SSSR count). The number of hydrogen-bond acceptors (Lipinski definition) is 8. The normalized spacial score (nSPS) is 11.6. The maximum Gasteiger partial charge on any atom is 0.499 e. The number of hydrogen-bond donors (Lipinski definition) is 0. The molecule has 0 fully saturated rings. The summed E-state index contributed by atoms with van der Waals surface area (Å²) in [5.74, 6) is -0.629. The third-order valence-corrected chi connectivity index (χ3v) is 3.91. The highest BCUT2D eigenvalue weighted by Crippen LogP contribution is 2.39. The van der Waals surface area contributed by atoms with Crippen LogP contribution in [0.1, 0.15) is 5.82 Å². The number of sulfonamides is 1. The van der Waals surface area contributed by atoms with Gasteiger partial charge in [0.1, 0.15) is 22.8 Å². The van der Waals surface area contributed by atoms with E-state index >= 15 is 0 Å². The van der Waals surface area contributed by atoms with Gasteiger partial charge in [0.2, 0.25) is 0 Å². The van der Waals surface area contributed by atoms with E-state index in [0.29, 0.717) is 30.0 Å². The molecule has 29 heavy (non-hydrogen) atoms. The molecule has 9 nitrogen and oxygen atoms in total. The first-order chi connectivity index (χ1) is 13.3. The first kappa shape index (κ1) is 23.8. The number of isocyanates is 1. The topological polar surface area (TPSA) is 121 Å². The van der Waals surface area contributed by atoms with Crippen LogP contribution in [-0.2, 0) is 14.8 Å². The summed E-state index contributed by atoms with van der Waals surface area (Å²) in [4.78, 5) is 20.1. The molecule has 0 saturated carbocycles. The van der Waals surface area contributed by atoms with E-state index in [-0.39, 0.29) is 0 Å². The van der Waals surface area contributed by atoms with Gasteiger partial charge in [-0.2, -0.15) is 40.3 Å². The molecule has 158 valence electrons. The number of para-hydroxylation sites is 1. The van der Waals surface area contributed by atoms with Gasteiger partial charge in [0.05, 0.1) is 7.11 Å². The fraction of sp³-hybridized carbons (Fsp3) is 0.286. The molecule has 0 unspecified atom stereocenters. The van der Waals surface area contributed by atoms with E-state index in [9.17, 15) is 35.2 Å². The van der Waals surface area contributed by atoms with Gasteiger partial charge < -0.3 is 9.47 Å². The van der Waals surface area contributed by atoms with E-state index in [1.165, 1.54) is 13.4 Å². The molecule has 1 heterocycles. The Labute approximate surface area is 160 Å². The summed E-state index contributed by atoms with van der Waals surface area (Å²) < 4.78 is 94.6. The van der Waals surface area contributed by atoms with Gasteiger partial charge in [-0.25, -0.2) is 9.78 Å². The molecule has 0 amide bonds. The molecule has 0 aliphatic carbocycles. The minimum absolute atomic E-state index is 0.363. The second kappa shape index (κ2) is 9.34. The largest absolute Gasteiger partial charge is 0.499 e. The van der Waals surface area contributed by atoms with Crippen LogP contribution in [-0.4, -0.2) is 48.8 Å². The molecule has 0 bridgehead atoms. The number of halogens is 5. The molecule has 0 radical (unpaired) electrons. The molecule has 0 atom stereocenters. The summed E-state index contributed by atoms with van der Waals surface area (Å²) in [6.45, 7) is 1.78. The average Bonchev–Trinajstić information content (AvgIpc) is 2.61. The lowest BCUT2D eigenvalue weighted by Gasteiger charge is -2.21. The molecular formula is C14H11F5N4O5S. The Morgan fingerprint density at radius 2 is 1.72 bits per heavy atom. The SMILES string of the molecule is COc1ncnc(C)n1.O=C=NS(=O)(=O)c1ccccc1OC(F)(F)C(F)(F)F. The van der Waals surface area contributed by atoms with Gasteiger partial charge >= 0.3 is 18.3 Å². The van der Waals surface area contributed by atoms with E-state index < -0.39 is 33.0 Å². The van der Waals surface area contributed by atoms with Crippen molar-refractivity contribution in [1.82, 2.24) is 15.0 Å². The van der Waals surface area contributed by atoms with Crippen molar-refractivity contribution in [2.24, 2.45) is 4.40 Å². The Hall–Kier alpha value is -3.19. The summed E-state index contributed by atoms with van der Waals surface area (Å²) in [7, 11) is -3.26. The molecule has 1 aromatic carbocycles. The second-order valence-corrected chi connectivity index (χ2v) is 6.31. The van der Waals surface area contributed by atoms with Crippen molar-refractivity contribution in [2.75, 3.05) is 7.11 Å². The minimum Gasteiger partial charge on any atom is -0.467 e. The second-order valence-electron chi connectivity index (χ2n) is 4.74. The zero-order valence-electron chi connectivity index (χ0n) is 14.5. The quantitative estimate of drug-likeness (QED) is 0.393. The lowest BCUT2D eigenvalue weighted by molar-refractivity contribution is -0.361. The Morgan fingerprint density at radius 3 is 2.21 bits per heavy atom. The third-order valence-electron chi connectivity index (χ3n) is 2.71. The molecule has 0 aliphatic rings. The zero-order valence-corrected chi connectivity index (χ0v) is 15.3. The zero-order chi connectivity index (χ0) is 22.3. The Kier molecular flexibility index (Phi) is 7.68. The third kappa shape index (κ3) is 6.73. The van der Waals surface area contributed by atoms with E-state index in [1.807, 2.05) is 0 Å². The Morgan fingerprint density at radius 1 is 1.10 bits per heavy atom. The van der Waals surface area contributed by atoms with Crippen molar-refractivity contribution in [1.29, 1.82) is 0 Å². The Balaban J connectivity index is 0.000000387. The number of aryl methyl sites for hydroxylation is 1. The van der Waals surface area contributed by atoms with Crippen LogP contribution in [0.25, 0.3) is 0 Å². The number of rotatable bonds is 5. The highest BCUT2D eigenvalue weighted by Gasteiger charge is 2.61. The van der Waals surface area contributed by atoms with Crippen molar-refractivity contribution in [2.45, 2.75) is 24.1 Å². The van der Waals surface area contributed by atoms with Crippen LogP contribution < -0.4 is 9.47 Å². The minimum atomic E-state index is -6.04. The predicted molar refractivity (Wildman–Crippen MR) is 84.5 cm³/mol. The van der Waals surface area contributed by atoms with Crippen LogP contribution in [0, 0.1) is 6.92 Å². The van der Waals surface area contributed by atoms with Crippen molar-refractivity contribution in [3.8, 4) is 11.8 Å². The number of methoxy groups -OCH3 is 1. The van der Waals surface area contributed by atoms with Crippen LogP contribution in [0.5, 0.6) is 11.8 Å². The Bertz CT molecular complexity index is 994. The fourth-order valence-electron chi connectivity index (χ4n) is 1.50. The molecule has 2 aromatic rings. The van der Waals surface area contributed by atoms with Gasteiger partial charge in [0.15, 0.2) is 0 Å². The van der Waals surface area contributed by atoms with Gasteiger partial charge in [0, 0.05) is 0 Å². The fourth-order valence-corrected chi connectivity index (χ4v) is 2.31. The summed E-state index contributed by atoms with van der Waals surface area (Å²) in [5.41, 5.74) is 0. The summed E-state index contributed by atoms with van der Waals surface area (Å²) in [6, 6.07) is 3.56. The summed E-state index contributed by atoms with van der Waals surface area (Å²) in [5, 5.41) is 0. The molecule has 0 saturated heterocycles. The van der Waals surface area contributed by atoms with Crippen LogP contribution in [0.3, 0.4) is 0 Å². The van der Waals surface area contributed by atoms with Crippen LogP contribution >= 0.6 is 0 Å². The van der Waals surface area contributed by atoms with Gasteiger partial charge in [-0.1, -0.05) is 16.5 Å². The first-order valence-corrected chi connectivity index (χ1v) is 8.54. The van der Waals surface area contributed by atoms with Gasteiger partial charge in [-0.05, 0) is 19.1 Å². The molecule has 0 spiro atoms. The smallest absolute Gasteiger partial charge is 0.467 e. The van der Waals surface area contributed by atoms with Gasteiger partial charge in [-0.15, -0.1) is 0 Å². The summed E-state index contributed by atoms with van der Waals surface area (Å²) in [6.07, 6.45) is -9.59. The maximum absolute atomic E-state index is 12.7. The van der Waals surface area contributed by atoms with Crippen LogP contribution in [0.4, 0.5) is 22.0 Å². The average molecular weight is 442 g/mol. The lowest BCUT2D eigenvalue weighted by atomic mass is 10.3. The van der Waals surface area contributed by atoms with Crippen LogP contribution in [0.2, 0.25) is 0 Å². The van der Waals surface area contributed by atoms with Gasteiger partial charge in [0.25, 0.3) is 16.1 Å². The molecule has 1 aromatic heterocycles. The van der Waals surface area contributed by atoms with E-state index in [0.717, 1.165) is 12.1 Å². The number of aromatic nitrogens is 3. The first-order valence-electron chi connectivity index (χ1n) is 7.10. The number of nitrogens with zero attached hydrogens (tertiary/aromatic N) is 4. The van der Waals surface area contributed by atoms with Crippen molar-refractivity contribution in [3.63, 3.8) is 0 Å². The van der Waals surface area contributed by atoms with E-state index in [1.54, 1.807) is 6.92 Å². The van der Waals surface area contributed by atoms with E-state index in [2.05, 4.69) is 24.1 Å². The molecule has 0 aliphatic heterocycles. The number of ether oxygens (including phenoxy) is 2. The van der Waals surface area contributed by atoms with E-state index in [4.69, 9.17) is 4.74 Å². The monoisotopic (exact) mass is 442 g/mol. The van der Waals surface area contributed by atoms with Crippen molar-refractivity contribution >= 4 is 16.1 Å². The standard InChI is InChI=1S/C9H4F5NO4S.C5H7N3O/c10-8(11,12)9(13,14)19-6-3-1-2-4-7(6)20(17,18)15-5-16;1-4-6-3-7-5(8-4)9-2/h1-4H;3H,1-2H3. The number of alkyl halides is 5. The molecule has 0 N–H and O–H groups in total. The number of carbonyl (C=O) groups excluding carboxylic acids is 1. The predicted octanol–water partition coefficient (Wildman–Crippen LogP) is 2.43. The van der Waals surface area contributed by atoms with Crippen LogP contribution in [0.15, 0.2) is 39.9 Å². The highest BCUT2D eigenvalue weighted by atomic mass is 32.2. The van der Waals surface area contributed by atoms with Crippen molar-refractivity contribution < 1.29 is 44.6 Å².